The second kappa shape index (κ2) is 10.7. The van der Waals surface area contributed by atoms with Crippen LogP contribution in [0, 0.1) is 22.7 Å². The minimum atomic E-state index is 0.249. The number of rotatable bonds is 6. The maximum absolute atomic E-state index is 9.63. The zero-order valence-corrected chi connectivity index (χ0v) is 18.2. The molecule has 2 fully saturated rings. The fourth-order valence-electron chi connectivity index (χ4n) is 4.86. The van der Waals surface area contributed by atoms with Crippen molar-refractivity contribution >= 4 is 0 Å². The molecule has 0 aromatic heterocycles. The molecule has 0 aromatic rings. The second-order valence-electron chi connectivity index (χ2n) is 8.78. The topological polar surface area (TPSA) is 60.5 Å². The Morgan fingerprint density at radius 3 is 2.34 bits per heavy atom. The first-order valence-electron chi connectivity index (χ1n) is 11.3. The van der Waals surface area contributed by atoms with Gasteiger partial charge in [-0.15, -0.1) is 0 Å². The molecule has 3 heterocycles. The van der Waals surface area contributed by atoms with Gasteiger partial charge in [0, 0.05) is 44.5 Å². The predicted molar refractivity (Wildman–Crippen MR) is 115 cm³/mol. The first kappa shape index (κ1) is 21.7. The van der Waals surface area contributed by atoms with Crippen LogP contribution in [0.1, 0.15) is 52.4 Å². The smallest absolute Gasteiger partial charge is 0.170 e. The highest BCUT2D eigenvalue weighted by Crippen LogP contribution is 2.28. The van der Waals surface area contributed by atoms with Crippen molar-refractivity contribution in [2.45, 2.75) is 64.5 Å². The molecule has 0 bridgehead atoms. The van der Waals surface area contributed by atoms with Crippen molar-refractivity contribution in [3.8, 4) is 12.1 Å². The fourth-order valence-corrected chi connectivity index (χ4v) is 4.86. The Morgan fingerprint density at radius 1 is 1.03 bits per heavy atom. The van der Waals surface area contributed by atoms with E-state index in [4.69, 9.17) is 0 Å². The minimum absolute atomic E-state index is 0.249. The molecule has 6 nitrogen and oxygen atoms in total. The standard InChI is InChI=1S/C23H36N6/c1-20(2)27-16-8-22(9-17-27)29-15-7-14-28(23(29)21(18-24)19-25)13-6-12-26-10-4-3-5-11-26/h7,15,20,22H,3-6,8-14,16-17H2,1-2H3. The van der Waals surface area contributed by atoms with Crippen molar-refractivity contribution in [3.63, 3.8) is 0 Å². The van der Waals surface area contributed by atoms with E-state index in [0.717, 1.165) is 57.8 Å². The zero-order chi connectivity index (χ0) is 20.6. The first-order valence-corrected chi connectivity index (χ1v) is 11.3. The maximum atomic E-state index is 9.63. The summed E-state index contributed by atoms with van der Waals surface area (Å²) in [7, 11) is 0. The van der Waals surface area contributed by atoms with Gasteiger partial charge in [0.1, 0.15) is 18.0 Å². The molecule has 158 valence electrons. The normalized spacial score (nSPS) is 22.0. The molecule has 0 saturated carbocycles. The van der Waals surface area contributed by atoms with E-state index >= 15 is 0 Å². The summed E-state index contributed by atoms with van der Waals surface area (Å²) in [4.78, 5) is 9.55. The number of nitriles is 2. The van der Waals surface area contributed by atoms with Crippen LogP contribution in [0.5, 0.6) is 0 Å². The number of allylic oxidation sites excluding steroid dienone is 1. The molecule has 0 N–H and O–H groups in total. The molecule has 3 rings (SSSR count). The summed E-state index contributed by atoms with van der Waals surface area (Å²) < 4.78 is 0. The van der Waals surface area contributed by atoms with Gasteiger partial charge in [0.05, 0.1) is 0 Å². The summed E-state index contributed by atoms with van der Waals surface area (Å²) in [6.45, 7) is 11.9. The zero-order valence-electron chi connectivity index (χ0n) is 18.2. The van der Waals surface area contributed by atoms with Crippen molar-refractivity contribution in [2.75, 3.05) is 45.8 Å². The van der Waals surface area contributed by atoms with E-state index in [0.29, 0.717) is 12.1 Å². The summed E-state index contributed by atoms with van der Waals surface area (Å²) in [6.07, 6.45) is 11.5. The Kier molecular flexibility index (Phi) is 7.98. The predicted octanol–water partition coefficient (Wildman–Crippen LogP) is 3.13. The summed E-state index contributed by atoms with van der Waals surface area (Å²) in [5.41, 5.74) is 0.249. The summed E-state index contributed by atoms with van der Waals surface area (Å²) in [6, 6.07) is 5.27. The van der Waals surface area contributed by atoms with Gasteiger partial charge in [-0.3, -0.25) is 0 Å². The van der Waals surface area contributed by atoms with Crippen LogP contribution in [0.15, 0.2) is 23.7 Å². The highest BCUT2D eigenvalue weighted by molar-refractivity contribution is 5.41. The number of nitrogens with zero attached hydrogens (tertiary/aromatic N) is 6. The molecular weight excluding hydrogens is 360 g/mol. The molecular formula is C23H36N6. The van der Waals surface area contributed by atoms with Crippen molar-refractivity contribution in [2.24, 2.45) is 0 Å². The fraction of sp³-hybridized carbons (Fsp3) is 0.739. The van der Waals surface area contributed by atoms with Gasteiger partial charge < -0.3 is 19.6 Å². The molecule has 3 aliphatic rings. The van der Waals surface area contributed by atoms with Crippen LogP contribution in [-0.2, 0) is 0 Å². The van der Waals surface area contributed by atoms with E-state index in [1.807, 2.05) is 0 Å². The van der Waals surface area contributed by atoms with Crippen LogP contribution in [0.25, 0.3) is 0 Å². The van der Waals surface area contributed by atoms with Crippen molar-refractivity contribution in [1.82, 2.24) is 19.6 Å². The average Bonchev–Trinajstić information content (AvgIpc) is 2.76. The second-order valence-corrected chi connectivity index (χ2v) is 8.78. The summed E-state index contributed by atoms with van der Waals surface area (Å²) in [5, 5.41) is 19.3. The lowest BCUT2D eigenvalue weighted by Gasteiger charge is -2.45. The lowest BCUT2D eigenvalue weighted by molar-refractivity contribution is 0.108. The molecule has 0 aliphatic carbocycles. The number of hydrogen-bond acceptors (Lipinski definition) is 6. The lowest BCUT2D eigenvalue weighted by Crippen LogP contribution is -2.49. The molecule has 2 saturated heterocycles. The van der Waals surface area contributed by atoms with Crippen LogP contribution < -0.4 is 0 Å². The quantitative estimate of drug-likeness (QED) is 0.643. The van der Waals surface area contributed by atoms with E-state index in [1.165, 1.54) is 32.4 Å². The Morgan fingerprint density at radius 2 is 1.72 bits per heavy atom. The summed E-state index contributed by atoms with van der Waals surface area (Å²) >= 11 is 0. The number of likely N-dealkylation sites (tertiary alicyclic amines) is 2. The highest BCUT2D eigenvalue weighted by atomic mass is 15.4. The van der Waals surface area contributed by atoms with Gasteiger partial charge in [-0.05, 0) is 71.7 Å². The van der Waals surface area contributed by atoms with Gasteiger partial charge in [0.25, 0.3) is 0 Å². The third-order valence-corrected chi connectivity index (χ3v) is 6.56. The van der Waals surface area contributed by atoms with Crippen LogP contribution in [0.3, 0.4) is 0 Å². The van der Waals surface area contributed by atoms with Gasteiger partial charge in [-0.25, -0.2) is 0 Å². The van der Waals surface area contributed by atoms with Gasteiger partial charge in [0.15, 0.2) is 5.57 Å². The molecule has 0 unspecified atom stereocenters. The molecule has 3 aliphatic heterocycles. The van der Waals surface area contributed by atoms with Crippen LogP contribution >= 0.6 is 0 Å². The first-order chi connectivity index (χ1) is 14.1. The van der Waals surface area contributed by atoms with Gasteiger partial charge >= 0.3 is 0 Å². The molecule has 0 atom stereocenters. The largest absolute Gasteiger partial charge is 0.352 e. The summed E-state index contributed by atoms with van der Waals surface area (Å²) in [5.74, 6) is 0.833. The molecule has 29 heavy (non-hydrogen) atoms. The molecule has 6 heteroatoms. The van der Waals surface area contributed by atoms with Crippen LogP contribution in [0.2, 0.25) is 0 Å². The van der Waals surface area contributed by atoms with Gasteiger partial charge in [-0.2, -0.15) is 10.5 Å². The monoisotopic (exact) mass is 396 g/mol. The van der Waals surface area contributed by atoms with Gasteiger partial charge in [0.2, 0.25) is 0 Å². The maximum Gasteiger partial charge on any atom is 0.170 e. The SMILES string of the molecule is CC(C)N1CCC(N2C=CCN(CCCN3CCCCC3)C2=C(C#N)C#N)CC1. The Balaban J connectivity index is 1.67. The molecule has 0 spiro atoms. The van der Waals surface area contributed by atoms with E-state index in [-0.39, 0.29) is 5.57 Å². The Bertz CT molecular complexity index is 652. The highest BCUT2D eigenvalue weighted by Gasteiger charge is 2.31. The van der Waals surface area contributed by atoms with E-state index in [1.54, 1.807) is 0 Å². The van der Waals surface area contributed by atoms with Crippen molar-refractivity contribution in [1.29, 1.82) is 10.5 Å². The van der Waals surface area contributed by atoms with Crippen LogP contribution in [-0.4, -0.2) is 77.5 Å². The van der Waals surface area contributed by atoms with E-state index in [9.17, 15) is 10.5 Å². The van der Waals surface area contributed by atoms with Crippen molar-refractivity contribution < 1.29 is 0 Å². The Labute approximate surface area is 176 Å². The average molecular weight is 397 g/mol. The lowest BCUT2D eigenvalue weighted by atomic mass is 10.0. The minimum Gasteiger partial charge on any atom is -0.352 e. The van der Waals surface area contributed by atoms with E-state index in [2.05, 4.69) is 57.9 Å². The third-order valence-electron chi connectivity index (χ3n) is 6.56. The number of piperidine rings is 2. The number of hydrogen-bond donors (Lipinski definition) is 0. The van der Waals surface area contributed by atoms with Crippen molar-refractivity contribution in [3.05, 3.63) is 23.7 Å². The Hall–Kier alpha value is -2.02. The van der Waals surface area contributed by atoms with Gasteiger partial charge in [-0.1, -0.05) is 6.42 Å². The molecule has 0 amide bonds. The van der Waals surface area contributed by atoms with Crippen LogP contribution in [0.4, 0.5) is 0 Å². The van der Waals surface area contributed by atoms with E-state index < -0.39 is 0 Å². The molecule has 0 aromatic carbocycles. The molecule has 0 radical (unpaired) electrons. The third kappa shape index (κ3) is 5.53.